The fourth-order valence-electron chi connectivity index (χ4n) is 1.46. The van der Waals surface area contributed by atoms with Gasteiger partial charge in [0.1, 0.15) is 0 Å². The maximum Gasteiger partial charge on any atom is 0.337 e. The summed E-state index contributed by atoms with van der Waals surface area (Å²) in [4.78, 5) is 23.1. The van der Waals surface area contributed by atoms with Crippen LogP contribution in [-0.2, 0) is 9.53 Å². The number of rotatable bonds is 6. The third-order valence-corrected chi connectivity index (χ3v) is 2.79. The van der Waals surface area contributed by atoms with Crippen LogP contribution in [0.15, 0.2) is 24.3 Å². The summed E-state index contributed by atoms with van der Waals surface area (Å²) in [6.07, 6.45) is 0.963. The Hall–Kier alpha value is -1.88. The zero-order valence-corrected chi connectivity index (χ0v) is 11.5. The predicted octanol–water partition coefficient (Wildman–Crippen LogP) is 1.80. The second-order valence-corrected chi connectivity index (χ2v) is 4.31. The highest BCUT2D eigenvalue weighted by Gasteiger charge is 2.08. The molecular weight excluding hydrogens is 244 g/mol. The van der Waals surface area contributed by atoms with E-state index in [1.807, 2.05) is 6.92 Å². The van der Waals surface area contributed by atoms with E-state index in [9.17, 15) is 9.59 Å². The van der Waals surface area contributed by atoms with Gasteiger partial charge in [0.15, 0.2) is 0 Å². The molecule has 0 saturated carbocycles. The second kappa shape index (κ2) is 7.53. The maximum atomic E-state index is 11.7. The third kappa shape index (κ3) is 5.09. The summed E-state index contributed by atoms with van der Waals surface area (Å²) < 4.78 is 4.63. The molecule has 0 heterocycles. The number of hydrogen-bond donors (Lipinski definition) is 2. The topological polar surface area (TPSA) is 67.4 Å². The van der Waals surface area contributed by atoms with Crippen LogP contribution < -0.4 is 10.6 Å². The molecule has 2 N–H and O–H groups in total. The lowest BCUT2D eigenvalue weighted by molar-refractivity contribution is -0.115. The molecule has 1 aromatic carbocycles. The Morgan fingerprint density at radius 1 is 1.37 bits per heavy atom. The summed E-state index contributed by atoms with van der Waals surface area (Å²) in [5, 5.41) is 5.83. The van der Waals surface area contributed by atoms with Crippen molar-refractivity contribution in [2.45, 2.75) is 26.3 Å². The molecule has 0 aliphatic carbocycles. The number of methoxy groups -OCH3 is 1. The summed E-state index contributed by atoms with van der Waals surface area (Å²) in [7, 11) is 1.32. The minimum atomic E-state index is -0.422. The molecule has 1 unspecified atom stereocenters. The molecule has 0 aromatic heterocycles. The van der Waals surface area contributed by atoms with E-state index in [0.29, 0.717) is 17.3 Å². The Labute approximate surface area is 113 Å². The van der Waals surface area contributed by atoms with E-state index in [4.69, 9.17) is 0 Å². The molecule has 19 heavy (non-hydrogen) atoms. The van der Waals surface area contributed by atoms with Gasteiger partial charge in [0.2, 0.25) is 5.91 Å². The van der Waals surface area contributed by atoms with Crippen molar-refractivity contribution in [1.82, 2.24) is 5.32 Å². The molecule has 1 amide bonds. The van der Waals surface area contributed by atoms with E-state index in [1.54, 1.807) is 24.3 Å². The normalized spacial score (nSPS) is 11.7. The smallest absolute Gasteiger partial charge is 0.337 e. The molecule has 0 aliphatic rings. The average Bonchev–Trinajstić information content (AvgIpc) is 2.44. The van der Waals surface area contributed by atoms with Gasteiger partial charge in [0.05, 0.1) is 19.2 Å². The SMILES string of the molecule is CCC(C)NCC(=O)Nc1cccc(C(=O)OC)c1. The van der Waals surface area contributed by atoms with Crippen molar-refractivity contribution in [3.05, 3.63) is 29.8 Å². The van der Waals surface area contributed by atoms with Gasteiger partial charge in [-0.3, -0.25) is 4.79 Å². The van der Waals surface area contributed by atoms with Crippen LogP contribution in [0.1, 0.15) is 30.6 Å². The second-order valence-electron chi connectivity index (χ2n) is 4.31. The van der Waals surface area contributed by atoms with Crippen molar-refractivity contribution in [2.75, 3.05) is 19.0 Å². The van der Waals surface area contributed by atoms with Crippen LogP contribution in [0.4, 0.5) is 5.69 Å². The van der Waals surface area contributed by atoms with Gasteiger partial charge in [0, 0.05) is 11.7 Å². The lowest BCUT2D eigenvalue weighted by Crippen LogP contribution is -2.33. The van der Waals surface area contributed by atoms with Crippen LogP contribution in [0.5, 0.6) is 0 Å². The molecule has 0 spiro atoms. The van der Waals surface area contributed by atoms with Crippen molar-refractivity contribution in [3.8, 4) is 0 Å². The van der Waals surface area contributed by atoms with Crippen molar-refractivity contribution in [1.29, 1.82) is 0 Å². The van der Waals surface area contributed by atoms with E-state index in [2.05, 4.69) is 22.3 Å². The zero-order valence-electron chi connectivity index (χ0n) is 11.5. The first kappa shape index (κ1) is 15.2. The Morgan fingerprint density at radius 2 is 2.11 bits per heavy atom. The van der Waals surface area contributed by atoms with Gasteiger partial charge in [-0.1, -0.05) is 13.0 Å². The summed E-state index contributed by atoms with van der Waals surface area (Å²) in [6, 6.07) is 6.95. The molecule has 0 saturated heterocycles. The molecular formula is C14H20N2O3. The van der Waals surface area contributed by atoms with E-state index in [0.717, 1.165) is 6.42 Å². The maximum absolute atomic E-state index is 11.7. The Morgan fingerprint density at radius 3 is 2.74 bits per heavy atom. The number of hydrogen-bond acceptors (Lipinski definition) is 4. The van der Waals surface area contributed by atoms with Crippen molar-refractivity contribution < 1.29 is 14.3 Å². The van der Waals surface area contributed by atoms with Crippen molar-refractivity contribution in [3.63, 3.8) is 0 Å². The average molecular weight is 264 g/mol. The van der Waals surface area contributed by atoms with Crippen LogP contribution >= 0.6 is 0 Å². The molecule has 1 aromatic rings. The standard InChI is InChI=1S/C14H20N2O3/c1-4-10(2)15-9-13(17)16-12-7-5-6-11(8-12)14(18)19-3/h5-8,10,15H,4,9H2,1-3H3,(H,16,17). The summed E-state index contributed by atoms with van der Waals surface area (Å²) >= 11 is 0. The predicted molar refractivity (Wildman–Crippen MR) is 74.2 cm³/mol. The van der Waals surface area contributed by atoms with Gasteiger partial charge < -0.3 is 15.4 Å². The molecule has 0 fully saturated rings. The van der Waals surface area contributed by atoms with Gasteiger partial charge >= 0.3 is 5.97 Å². The number of anilines is 1. The number of amides is 1. The summed E-state index contributed by atoms with van der Waals surface area (Å²) in [5.74, 6) is -0.559. The van der Waals surface area contributed by atoms with Crippen molar-refractivity contribution >= 4 is 17.6 Å². The quantitative estimate of drug-likeness (QED) is 0.769. The zero-order chi connectivity index (χ0) is 14.3. The van der Waals surface area contributed by atoms with Gasteiger partial charge in [-0.05, 0) is 31.5 Å². The van der Waals surface area contributed by atoms with E-state index in [-0.39, 0.29) is 12.5 Å². The van der Waals surface area contributed by atoms with Gasteiger partial charge in [-0.25, -0.2) is 4.79 Å². The number of esters is 1. The molecule has 5 heteroatoms. The van der Waals surface area contributed by atoms with Crippen LogP contribution in [0, 0.1) is 0 Å². The van der Waals surface area contributed by atoms with Gasteiger partial charge in [0.25, 0.3) is 0 Å². The molecule has 5 nitrogen and oxygen atoms in total. The minimum absolute atomic E-state index is 0.137. The Kier molecular flexibility index (Phi) is 6.02. The van der Waals surface area contributed by atoms with E-state index < -0.39 is 5.97 Å². The summed E-state index contributed by atoms with van der Waals surface area (Å²) in [6.45, 7) is 4.32. The van der Waals surface area contributed by atoms with Crippen molar-refractivity contribution in [2.24, 2.45) is 0 Å². The number of nitrogens with one attached hydrogen (secondary N) is 2. The minimum Gasteiger partial charge on any atom is -0.465 e. The molecule has 0 aliphatic heterocycles. The van der Waals surface area contributed by atoms with Gasteiger partial charge in [-0.15, -0.1) is 0 Å². The third-order valence-electron chi connectivity index (χ3n) is 2.79. The molecule has 0 bridgehead atoms. The number of carbonyl (C=O) groups is 2. The highest BCUT2D eigenvalue weighted by Crippen LogP contribution is 2.11. The van der Waals surface area contributed by atoms with Crippen LogP contribution in [-0.4, -0.2) is 31.6 Å². The van der Waals surface area contributed by atoms with Crippen LogP contribution in [0.3, 0.4) is 0 Å². The first-order valence-corrected chi connectivity index (χ1v) is 6.28. The monoisotopic (exact) mass is 264 g/mol. The molecule has 0 radical (unpaired) electrons. The fraction of sp³-hybridized carbons (Fsp3) is 0.429. The fourth-order valence-corrected chi connectivity index (χ4v) is 1.46. The highest BCUT2D eigenvalue weighted by molar-refractivity contribution is 5.95. The Bertz CT molecular complexity index is 446. The number of benzene rings is 1. The Balaban J connectivity index is 2.57. The lowest BCUT2D eigenvalue weighted by Gasteiger charge is -2.11. The number of ether oxygens (including phenoxy) is 1. The highest BCUT2D eigenvalue weighted by atomic mass is 16.5. The molecule has 104 valence electrons. The van der Waals surface area contributed by atoms with E-state index in [1.165, 1.54) is 7.11 Å². The number of carbonyl (C=O) groups excluding carboxylic acids is 2. The van der Waals surface area contributed by atoms with Crippen LogP contribution in [0.2, 0.25) is 0 Å². The first-order valence-electron chi connectivity index (χ1n) is 6.28. The summed E-state index contributed by atoms with van der Waals surface area (Å²) in [5.41, 5.74) is 0.994. The van der Waals surface area contributed by atoms with Gasteiger partial charge in [-0.2, -0.15) is 0 Å². The molecule has 1 rings (SSSR count). The first-order chi connectivity index (χ1) is 9.06. The van der Waals surface area contributed by atoms with E-state index >= 15 is 0 Å². The van der Waals surface area contributed by atoms with Crippen LogP contribution in [0.25, 0.3) is 0 Å². The molecule has 1 atom stereocenters. The largest absolute Gasteiger partial charge is 0.465 e. The lowest BCUT2D eigenvalue weighted by atomic mass is 10.2.